The number of aliphatic imine (C=N–C) groups is 1. The minimum absolute atomic E-state index is 0.0385. The number of carbonyl (C=O) groups is 1. The van der Waals surface area contributed by atoms with Crippen LogP contribution in [0.25, 0.3) is 0 Å². The Morgan fingerprint density at radius 2 is 2.04 bits per heavy atom. The third-order valence-corrected chi connectivity index (χ3v) is 4.34. The number of amides is 1. The molecule has 1 rings (SSSR count). The maximum Gasteiger partial charge on any atom is 0.407 e. The first-order valence-electron chi connectivity index (χ1n) is 9.69. The van der Waals surface area contributed by atoms with Crippen molar-refractivity contribution in [1.82, 2.24) is 15.5 Å². The van der Waals surface area contributed by atoms with Gasteiger partial charge in [-0.05, 0) is 40.0 Å². The molecular formula is C19H38N4O3. The molecule has 7 heteroatoms. The summed E-state index contributed by atoms with van der Waals surface area (Å²) in [6, 6.07) is -0.0385. The number of likely N-dealkylation sites (tertiary alicyclic amines) is 1. The first-order valence-corrected chi connectivity index (χ1v) is 9.69. The van der Waals surface area contributed by atoms with E-state index in [0.29, 0.717) is 12.5 Å². The normalized spacial score (nSPS) is 19.6. The van der Waals surface area contributed by atoms with E-state index in [2.05, 4.69) is 34.4 Å². The van der Waals surface area contributed by atoms with Crippen molar-refractivity contribution in [2.75, 3.05) is 39.9 Å². The van der Waals surface area contributed by atoms with Crippen LogP contribution in [0.3, 0.4) is 0 Å². The van der Waals surface area contributed by atoms with Crippen molar-refractivity contribution in [3.63, 3.8) is 0 Å². The molecular weight excluding hydrogens is 332 g/mol. The molecule has 0 spiro atoms. The molecule has 1 fully saturated rings. The number of alkyl carbamates (subject to hydrolysis) is 1. The summed E-state index contributed by atoms with van der Waals surface area (Å²) in [7, 11) is 1.80. The van der Waals surface area contributed by atoms with E-state index in [1.54, 1.807) is 7.05 Å². The molecule has 152 valence electrons. The Kier molecular flexibility index (Phi) is 9.19. The molecule has 1 amide bonds. The number of rotatable bonds is 7. The third kappa shape index (κ3) is 8.25. The van der Waals surface area contributed by atoms with Crippen LogP contribution in [0.4, 0.5) is 4.79 Å². The Morgan fingerprint density at radius 3 is 2.58 bits per heavy atom. The predicted octanol–water partition coefficient (Wildman–Crippen LogP) is 2.47. The Bertz CT molecular complexity index is 460. The zero-order valence-corrected chi connectivity index (χ0v) is 17.6. The summed E-state index contributed by atoms with van der Waals surface area (Å²) in [5, 5.41) is 6.37. The largest absolute Gasteiger partial charge is 0.444 e. The summed E-state index contributed by atoms with van der Waals surface area (Å²) in [5.41, 5.74) is -0.500. The fourth-order valence-electron chi connectivity index (χ4n) is 2.89. The summed E-state index contributed by atoms with van der Waals surface area (Å²) < 4.78 is 10.9. The molecule has 0 bridgehead atoms. The standard InChI is InChI=1S/C19H38N4O3/c1-8-25-13-15-9-10-23(12-15)17(20-7)21-11-16(14(2)3)22-18(24)26-19(4,5)6/h14-16H,8-13H2,1-7H3,(H,20,21)(H,22,24). The van der Waals surface area contributed by atoms with Gasteiger partial charge in [-0.3, -0.25) is 4.99 Å². The molecule has 1 heterocycles. The van der Waals surface area contributed by atoms with Gasteiger partial charge in [0.2, 0.25) is 0 Å². The molecule has 1 saturated heterocycles. The zero-order chi connectivity index (χ0) is 19.7. The lowest BCUT2D eigenvalue weighted by Gasteiger charge is -2.28. The number of hydrogen-bond acceptors (Lipinski definition) is 4. The lowest BCUT2D eigenvalue weighted by atomic mass is 10.0. The molecule has 2 N–H and O–H groups in total. The summed E-state index contributed by atoms with van der Waals surface area (Å²) in [5.74, 6) is 1.70. The summed E-state index contributed by atoms with van der Waals surface area (Å²) in [6.45, 7) is 15.9. The monoisotopic (exact) mass is 370 g/mol. The summed E-state index contributed by atoms with van der Waals surface area (Å²) in [6.07, 6.45) is 0.732. The second-order valence-electron chi connectivity index (χ2n) is 8.19. The number of nitrogens with zero attached hydrogens (tertiary/aromatic N) is 2. The number of nitrogens with one attached hydrogen (secondary N) is 2. The second kappa shape index (κ2) is 10.6. The van der Waals surface area contributed by atoms with Gasteiger partial charge in [0.05, 0.1) is 12.6 Å². The van der Waals surface area contributed by atoms with E-state index >= 15 is 0 Å². The molecule has 26 heavy (non-hydrogen) atoms. The number of carbonyl (C=O) groups excluding carboxylic acids is 1. The van der Waals surface area contributed by atoms with E-state index in [-0.39, 0.29) is 18.1 Å². The first kappa shape index (κ1) is 22.5. The van der Waals surface area contributed by atoms with Gasteiger partial charge in [0, 0.05) is 39.2 Å². The fraction of sp³-hybridized carbons (Fsp3) is 0.895. The van der Waals surface area contributed by atoms with Crippen LogP contribution in [0.5, 0.6) is 0 Å². The van der Waals surface area contributed by atoms with Crippen LogP contribution >= 0.6 is 0 Å². The highest BCUT2D eigenvalue weighted by molar-refractivity contribution is 5.80. The topological polar surface area (TPSA) is 75.2 Å². The summed E-state index contributed by atoms with van der Waals surface area (Å²) in [4.78, 5) is 18.7. The van der Waals surface area contributed by atoms with Crippen molar-refractivity contribution < 1.29 is 14.3 Å². The van der Waals surface area contributed by atoms with E-state index in [1.165, 1.54) is 0 Å². The lowest BCUT2D eigenvalue weighted by Crippen LogP contribution is -2.50. The number of guanidine groups is 1. The predicted molar refractivity (Wildman–Crippen MR) is 106 cm³/mol. The van der Waals surface area contributed by atoms with Crippen LogP contribution in [0.1, 0.15) is 48.0 Å². The van der Waals surface area contributed by atoms with Gasteiger partial charge in [-0.25, -0.2) is 4.79 Å². The quantitative estimate of drug-likeness (QED) is 0.532. The van der Waals surface area contributed by atoms with Gasteiger partial charge >= 0.3 is 6.09 Å². The first-order chi connectivity index (χ1) is 12.2. The van der Waals surface area contributed by atoms with Crippen molar-refractivity contribution in [2.45, 2.75) is 59.6 Å². The molecule has 1 aliphatic heterocycles. The van der Waals surface area contributed by atoms with Gasteiger partial charge in [0.15, 0.2) is 5.96 Å². The van der Waals surface area contributed by atoms with Crippen LogP contribution in [0, 0.1) is 11.8 Å². The average Bonchev–Trinajstić information content (AvgIpc) is 2.99. The van der Waals surface area contributed by atoms with Crippen molar-refractivity contribution in [3.05, 3.63) is 0 Å². The van der Waals surface area contributed by atoms with Crippen molar-refractivity contribution in [1.29, 1.82) is 0 Å². The fourth-order valence-corrected chi connectivity index (χ4v) is 2.89. The molecule has 0 aromatic heterocycles. The zero-order valence-electron chi connectivity index (χ0n) is 17.6. The van der Waals surface area contributed by atoms with E-state index in [4.69, 9.17) is 9.47 Å². The highest BCUT2D eigenvalue weighted by Gasteiger charge is 2.26. The molecule has 0 aromatic rings. The van der Waals surface area contributed by atoms with Crippen LogP contribution in [-0.2, 0) is 9.47 Å². The van der Waals surface area contributed by atoms with Gasteiger partial charge in [0.1, 0.15) is 5.60 Å². The lowest BCUT2D eigenvalue weighted by molar-refractivity contribution is 0.0491. The second-order valence-corrected chi connectivity index (χ2v) is 8.19. The maximum atomic E-state index is 12.1. The van der Waals surface area contributed by atoms with E-state index in [9.17, 15) is 4.79 Å². The molecule has 0 aromatic carbocycles. The van der Waals surface area contributed by atoms with Gasteiger partial charge in [-0.2, -0.15) is 0 Å². The molecule has 7 nitrogen and oxygen atoms in total. The number of hydrogen-bond donors (Lipinski definition) is 2. The third-order valence-electron chi connectivity index (χ3n) is 4.34. The van der Waals surface area contributed by atoms with Crippen LogP contribution in [0.2, 0.25) is 0 Å². The van der Waals surface area contributed by atoms with Crippen LogP contribution < -0.4 is 10.6 Å². The number of ether oxygens (including phenoxy) is 2. The minimum Gasteiger partial charge on any atom is -0.444 e. The Morgan fingerprint density at radius 1 is 1.35 bits per heavy atom. The Balaban J connectivity index is 2.52. The molecule has 1 aliphatic rings. The van der Waals surface area contributed by atoms with Gasteiger partial charge < -0.3 is 25.0 Å². The van der Waals surface area contributed by atoms with Crippen LogP contribution in [0.15, 0.2) is 4.99 Å². The van der Waals surface area contributed by atoms with Crippen LogP contribution in [-0.4, -0.2) is 68.5 Å². The average molecular weight is 371 g/mol. The van der Waals surface area contributed by atoms with Gasteiger partial charge in [0.25, 0.3) is 0 Å². The molecule has 0 saturated carbocycles. The molecule has 0 radical (unpaired) electrons. The van der Waals surface area contributed by atoms with Gasteiger partial charge in [-0.1, -0.05) is 13.8 Å². The van der Waals surface area contributed by atoms with Crippen molar-refractivity contribution in [3.8, 4) is 0 Å². The smallest absolute Gasteiger partial charge is 0.407 e. The molecule has 0 aliphatic carbocycles. The van der Waals surface area contributed by atoms with Gasteiger partial charge in [-0.15, -0.1) is 0 Å². The summed E-state index contributed by atoms with van der Waals surface area (Å²) >= 11 is 0. The van der Waals surface area contributed by atoms with Crippen molar-refractivity contribution in [2.24, 2.45) is 16.8 Å². The molecule has 2 unspecified atom stereocenters. The maximum absolute atomic E-state index is 12.1. The highest BCUT2D eigenvalue weighted by Crippen LogP contribution is 2.16. The Hall–Kier alpha value is -1.50. The molecule has 2 atom stereocenters. The van der Waals surface area contributed by atoms with E-state index in [0.717, 1.165) is 38.7 Å². The SMILES string of the molecule is CCOCC1CCN(C(=NC)NCC(NC(=O)OC(C)(C)C)C(C)C)C1. The Labute approximate surface area is 158 Å². The highest BCUT2D eigenvalue weighted by atomic mass is 16.6. The van der Waals surface area contributed by atoms with E-state index < -0.39 is 5.60 Å². The minimum atomic E-state index is -0.500. The van der Waals surface area contributed by atoms with Crippen molar-refractivity contribution >= 4 is 12.1 Å². The van der Waals surface area contributed by atoms with E-state index in [1.807, 2.05) is 27.7 Å².